The number of anilines is 2. The summed E-state index contributed by atoms with van der Waals surface area (Å²) >= 11 is 0. The molecule has 0 saturated carbocycles. The number of carboxylic acid groups (broad SMARTS) is 1. The van der Waals surface area contributed by atoms with Crippen molar-refractivity contribution in [2.45, 2.75) is 12.8 Å². The molecule has 0 unspecified atom stereocenters. The van der Waals surface area contributed by atoms with Crippen molar-refractivity contribution >= 4 is 23.4 Å². The average molecular weight is 278 g/mol. The third-order valence-corrected chi connectivity index (χ3v) is 3.55. The number of nitrogen functional groups attached to an aromatic ring is 1. The molecule has 1 aliphatic rings. The second-order valence-electron chi connectivity index (χ2n) is 4.82. The molecular formula is C13H18N4O3. The summed E-state index contributed by atoms with van der Waals surface area (Å²) in [5.41, 5.74) is 6.29. The molecule has 0 spiro atoms. The van der Waals surface area contributed by atoms with E-state index in [1.807, 2.05) is 4.90 Å². The van der Waals surface area contributed by atoms with Crippen LogP contribution in [-0.4, -0.2) is 42.1 Å². The number of hydrogen-bond donors (Lipinski definition) is 3. The van der Waals surface area contributed by atoms with Crippen LogP contribution in [0.1, 0.15) is 23.2 Å². The highest BCUT2D eigenvalue weighted by molar-refractivity contribution is 5.89. The summed E-state index contributed by atoms with van der Waals surface area (Å²) in [7, 11) is 1.64. The van der Waals surface area contributed by atoms with E-state index in [9.17, 15) is 9.59 Å². The summed E-state index contributed by atoms with van der Waals surface area (Å²) in [5.74, 6) is -0.373. The fourth-order valence-corrected chi connectivity index (χ4v) is 2.41. The van der Waals surface area contributed by atoms with Crippen LogP contribution in [-0.2, 0) is 4.79 Å². The molecule has 0 radical (unpaired) electrons. The monoisotopic (exact) mass is 278 g/mol. The molecule has 7 nitrogen and oxygen atoms in total. The lowest BCUT2D eigenvalue weighted by Gasteiger charge is -2.32. The molecule has 2 heterocycles. The third-order valence-electron chi connectivity index (χ3n) is 3.55. The zero-order valence-corrected chi connectivity index (χ0v) is 11.3. The summed E-state index contributed by atoms with van der Waals surface area (Å²) in [5, 5.41) is 11.5. The van der Waals surface area contributed by atoms with Crippen LogP contribution in [0, 0.1) is 5.92 Å². The van der Waals surface area contributed by atoms with E-state index in [-0.39, 0.29) is 17.4 Å². The minimum absolute atomic E-state index is 0.0239. The molecule has 2 rings (SSSR count). The van der Waals surface area contributed by atoms with E-state index >= 15 is 0 Å². The van der Waals surface area contributed by atoms with Gasteiger partial charge in [-0.1, -0.05) is 0 Å². The van der Waals surface area contributed by atoms with Gasteiger partial charge in [0.15, 0.2) is 5.82 Å². The van der Waals surface area contributed by atoms with Gasteiger partial charge < -0.3 is 21.1 Å². The summed E-state index contributed by atoms with van der Waals surface area (Å²) < 4.78 is 0. The number of hydrogen-bond acceptors (Lipinski definition) is 5. The molecular weight excluding hydrogens is 260 g/mol. The molecule has 1 aromatic heterocycles. The van der Waals surface area contributed by atoms with Crippen LogP contribution < -0.4 is 16.0 Å². The van der Waals surface area contributed by atoms with Gasteiger partial charge in [0.05, 0.1) is 11.3 Å². The molecule has 0 atom stereocenters. The normalized spacial score (nSPS) is 15.9. The number of nitrogens with two attached hydrogens (primary N) is 1. The quantitative estimate of drug-likeness (QED) is 0.735. The van der Waals surface area contributed by atoms with Crippen molar-refractivity contribution in [3.63, 3.8) is 0 Å². The van der Waals surface area contributed by atoms with E-state index in [1.165, 1.54) is 12.3 Å². The number of nitrogens with zero attached hydrogens (tertiary/aromatic N) is 2. The Morgan fingerprint density at radius 2 is 2.10 bits per heavy atom. The molecule has 4 N–H and O–H groups in total. The summed E-state index contributed by atoms with van der Waals surface area (Å²) in [6.45, 7) is 1.36. The van der Waals surface area contributed by atoms with E-state index < -0.39 is 5.97 Å². The number of piperidine rings is 1. The number of pyridine rings is 1. The number of carboxylic acids is 1. The number of aromatic nitrogens is 1. The van der Waals surface area contributed by atoms with Crippen LogP contribution in [0.4, 0.5) is 11.5 Å². The topological polar surface area (TPSA) is 109 Å². The van der Waals surface area contributed by atoms with Crippen molar-refractivity contribution in [3.8, 4) is 0 Å². The van der Waals surface area contributed by atoms with E-state index in [1.54, 1.807) is 7.05 Å². The Labute approximate surface area is 116 Å². The van der Waals surface area contributed by atoms with E-state index in [0.29, 0.717) is 24.6 Å². The predicted octanol–water partition coefficient (Wildman–Crippen LogP) is 0.324. The average Bonchev–Trinajstić information content (AvgIpc) is 2.46. The van der Waals surface area contributed by atoms with Gasteiger partial charge in [-0.3, -0.25) is 4.79 Å². The Kier molecular flexibility index (Phi) is 4.07. The van der Waals surface area contributed by atoms with Crippen molar-refractivity contribution < 1.29 is 14.7 Å². The van der Waals surface area contributed by atoms with Crippen molar-refractivity contribution in [1.29, 1.82) is 0 Å². The highest BCUT2D eigenvalue weighted by atomic mass is 16.4. The fourth-order valence-electron chi connectivity index (χ4n) is 2.41. The van der Waals surface area contributed by atoms with E-state index in [4.69, 9.17) is 10.8 Å². The first kappa shape index (κ1) is 14.1. The van der Waals surface area contributed by atoms with Crippen LogP contribution >= 0.6 is 0 Å². The number of nitrogens with one attached hydrogen (secondary N) is 1. The maximum Gasteiger partial charge on any atom is 0.337 e. The SMILES string of the molecule is CNC(=O)C1CCN(c2ncc(C(=O)O)cc2N)CC1. The van der Waals surface area contributed by atoms with Crippen molar-refractivity contribution in [3.05, 3.63) is 17.8 Å². The molecule has 108 valence electrons. The Bertz CT molecular complexity index is 524. The van der Waals surface area contributed by atoms with Crippen LogP contribution in [0.15, 0.2) is 12.3 Å². The Morgan fingerprint density at radius 1 is 1.45 bits per heavy atom. The molecule has 1 fully saturated rings. The number of aromatic carboxylic acids is 1. The number of carbonyl (C=O) groups is 2. The van der Waals surface area contributed by atoms with Gasteiger partial charge in [-0.15, -0.1) is 0 Å². The molecule has 7 heteroatoms. The Balaban J connectivity index is 2.07. The molecule has 20 heavy (non-hydrogen) atoms. The molecule has 1 aliphatic heterocycles. The molecule has 0 bridgehead atoms. The maximum absolute atomic E-state index is 11.6. The van der Waals surface area contributed by atoms with Crippen LogP contribution in [0.25, 0.3) is 0 Å². The Morgan fingerprint density at radius 3 is 2.60 bits per heavy atom. The minimum Gasteiger partial charge on any atom is -0.478 e. The van der Waals surface area contributed by atoms with Crippen molar-refractivity contribution in [2.24, 2.45) is 5.92 Å². The van der Waals surface area contributed by atoms with Crippen LogP contribution in [0.5, 0.6) is 0 Å². The van der Waals surface area contributed by atoms with E-state index in [0.717, 1.165) is 12.8 Å². The first-order valence-electron chi connectivity index (χ1n) is 6.48. The van der Waals surface area contributed by atoms with Gasteiger partial charge in [-0.05, 0) is 18.9 Å². The smallest absolute Gasteiger partial charge is 0.337 e. The lowest BCUT2D eigenvalue weighted by atomic mass is 9.96. The summed E-state index contributed by atoms with van der Waals surface area (Å²) in [4.78, 5) is 28.5. The van der Waals surface area contributed by atoms with Gasteiger partial charge in [0.2, 0.25) is 5.91 Å². The van der Waals surface area contributed by atoms with Gasteiger partial charge in [0.25, 0.3) is 0 Å². The standard InChI is InChI=1S/C13H18N4O3/c1-15-12(18)8-2-4-17(5-3-8)11-10(14)6-9(7-16-11)13(19)20/h6-8H,2-5,14H2,1H3,(H,15,18)(H,19,20). The minimum atomic E-state index is -1.05. The molecule has 0 aliphatic carbocycles. The highest BCUT2D eigenvalue weighted by Gasteiger charge is 2.25. The molecule has 1 amide bonds. The van der Waals surface area contributed by atoms with Gasteiger partial charge in [-0.25, -0.2) is 9.78 Å². The van der Waals surface area contributed by atoms with Crippen molar-refractivity contribution in [1.82, 2.24) is 10.3 Å². The predicted molar refractivity (Wildman–Crippen MR) is 74.6 cm³/mol. The third kappa shape index (κ3) is 2.81. The highest BCUT2D eigenvalue weighted by Crippen LogP contribution is 2.26. The number of carbonyl (C=O) groups excluding carboxylic acids is 1. The largest absolute Gasteiger partial charge is 0.478 e. The fraction of sp³-hybridized carbons (Fsp3) is 0.462. The van der Waals surface area contributed by atoms with Gasteiger partial charge in [-0.2, -0.15) is 0 Å². The van der Waals surface area contributed by atoms with Crippen LogP contribution in [0.3, 0.4) is 0 Å². The summed E-state index contributed by atoms with van der Waals surface area (Å²) in [6, 6.07) is 1.41. The van der Waals surface area contributed by atoms with Gasteiger partial charge in [0.1, 0.15) is 0 Å². The Hall–Kier alpha value is -2.31. The first-order valence-corrected chi connectivity index (χ1v) is 6.48. The van der Waals surface area contributed by atoms with Gasteiger partial charge >= 0.3 is 5.97 Å². The first-order chi connectivity index (χ1) is 9.52. The van der Waals surface area contributed by atoms with Gasteiger partial charge in [0, 0.05) is 32.3 Å². The molecule has 1 aromatic rings. The second-order valence-corrected chi connectivity index (χ2v) is 4.82. The second kappa shape index (κ2) is 5.77. The van der Waals surface area contributed by atoms with E-state index in [2.05, 4.69) is 10.3 Å². The lowest BCUT2D eigenvalue weighted by molar-refractivity contribution is -0.125. The number of rotatable bonds is 3. The lowest BCUT2D eigenvalue weighted by Crippen LogP contribution is -2.40. The van der Waals surface area contributed by atoms with Crippen molar-refractivity contribution in [2.75, 3.05) is 30.8 Å². The van der Waals surface area contributed by atoms with Crippen LogP contribution in [0.2, 0.25) is 0 Å². The molecule has 1 saturated heterocycles. The maximum atomic E-state index is 11.6. The number of amides is 1. The molecule has 0 aromatic carbocycles. The zero-order valence-electron chi connectivity index (χ0n) is 11.3. The summed E-state index contributed by atoms with van der Waals surface area (Å²) in [6.07, 6.45) is 2.78. The zero-order chi connectivity index (χ0) is 14.7.